The van der Waals surface area contributed by atoms with E-state index < -0.39 is 17.3 Å². The standard InChI is InChI=1S/C12H19ClN2O3/c1-12(2,3)11(17)10(16)9-8(13)7-14-15(9)5-6-18-4/h7,11,17H,5-6H2,1-4H3. The molecule has 0 amide bonds. The summed E-state index contributed by atoms with van der Waals surface area (Å²) in [7, 11) is 1.57. The van der Waals surface area contributed by atoms with Crippen LogP contribution in [-0.4, -0.2) is 40.5 Å². The number of aromatic nitrogens is 2. The monoisotopic (exact) mass is 274 g/mol. The average molecular weight is 275 g/mol. The normalized spacial score (nSPS) is 13.7. The van der Waals surface area contributed by atoms with Gasteiger partial charge in [0.2, 0.25) is 5.78 Å². The van der Waals surface area contributed by atoms with Gasteiger partial charge in [-0.25, -0.2) is 0 Å². The molecule has 0 fully saturated rings. The van der Waals surface area contributed by atoms with Gasteiger partial charge in [0.1, 0.15) is 11.8 Å². The van der Waals surface area contributed by atoms with Crippen molar-refractivity contribution in [3.63, 3.8) is 0 Å². The van der Waals surface area contributed by atoms with Crippen LogP contribution in [0.15, 0.2) is 6.20 Å². The molecule has 1 aromatic heterocycles. The number of methoxy groups -OCH3 is 1. The fourth-order valence-corrected chi connectivity index (χ4v) is 1.71. The molecule has 0 aliphatic heterocycles. The zero-order valence-electron chi connectivity index (χ0n) is 11.1. The summed E-state index contributed by atoms with van der Waals surface area (Å²) < 4.78 is 6.40. The summed E-state index contributed by atoms with van der Waals surface area (Å²) >= 11 is 5.96. The summed E-state index contributed by atoms with van der Waals surface area (Å²) in [6, 6.07) is 0. The summed E-state index contributed by atoms with van der Waals surface area (Å²) in [6.45, 7) is 6.21. The Bertz CT molecular complexity index is 423. The van der Waals surface area contributed by atoms with Gasteiger partial charge < -0.3 is 9.84 Å². The van der Waals surface area contributed by atoms with Gasteiger partial charge in [0, 0.05) is 7.11 Å². The van der Waals surface area contributed by atoms with Crippen LogP contribution in [0.25, 0.3) is 0 Å². The van der Waals surface area contributed by atoms with Crippen molar-refractivity contribution >= 4 is 17.4 Å². The van der Waals surface area contributed by atoms with Crippen LogP contribution in [0.3, 0.4) is 0 Å². The number of aliphatic hydroxyl groups excluding tert-OH is 1. The molecule has 0 aliphatic rings. The Morgan fingerprint density at radius 1 is 1.61 bits per heavy atom. The molecule has 0 radical (unpaired) electrons. The zero-order chi connectivity index (χ0) is 13.9. The SMILES string of the molecule is COCCn1ncc(Cl)c1C(=O)C(O)C(C)(C)C. The molecule has 1 heterocycles. The predicted octanol–water partition coefficient (Wildman–Crippen LogP) is 1.77. The fraction of sp³-hybridized carbons (Fsp3) is 0.667. The first-order valence-corrected chi connectivity index (χ1v) is 6.09. The summed E-state index contributed by atoms with van der Waals surface area (Å²) in [6.07, 6.45) is 0.285. The molecule has 1 atom stereocenters. The third kappa shape index (κ3) is 3.31. The van der Waals surface area contributed by atoms with Gasteiger partial charge in [0.25, 0.3) is 0 Å². The minimum absolute atomic E-state index is 0.233. The van der Waals surface area contributed by atoms with Gasteiger partial charge in [0.15, 0.2) is 0 Å². The Hall–Kier alpha value is -0.910. The molecule has 0 bridgehead atoms. The smallest absolute Gasteiger partial charge is 0.211 e. The van der Waals surface area contributed by atoms with Crippen molar-refractivity contribution in [3.05, 3.63) is 16.9 Å². The Morgan fingerprint density at radius 2 is 2.22 bits per heavy atom. The lowest BCUT2D eigenvalue weighted by Crippen LogP contribution is -2.35. The van der Waals surface area contributed by atoms with E-state index >= 15 is 0 Å². The molecule has 0 aromatic carbocycles. The summed E-state index contributed by atoms with van der Waals surface area (Å²) in [5.41, 5.74) is -0.312. The Labute approximate surface area is 112 Å². The van der Waals surface area contributed by atoms with E-state index in [1.54, 1.807) is 27.9 Å². The second-order valence-corrected chi connectivity index (χ2v) is 5.60. The highest BCUT2D eigenvalue weighted by Crippen LogP contribution is 2.25. The van der Waals surface area contributed by atoms with E-state index in [0.29, 0.717) is 13.2 Å². The molecule has 102 valence electrons. The molecule has 0 spiro atoms. The highest BCUT2D eigenvalue weighted by atomic mass is 35.5. The maximum Gasteiger partial charge on any atom is 0.211 e. The third-order valence-electron chi connectivity index (χ3n) is 2.60. The largest absolute Gasteiger partial charge is 0.384 e. The van der Waals surface area contributed by atoms with E-state index in [0.717, 1.165) is 0 Å². The van der Waals surface area contributed by atoms with Gasteiger partial charge in [0.05, 0.1) is 24.4 Å². The van der Waals surface area contributed by atoms with Gasteiger partial charge in [-0.05, 0) is 5.41 Å². The molecule has 0 saturated carbocycles. The number of halogens is 1. The molecule has 5 nitrogen and oxygen atoms in total. The third-order valence-corrected chi connectivity index (χ3v) is 2.88. The first-order valence-electron chi connectivity index (χ1n) is 5.71. The number of ether oxygens (including phenoxy) is 1. The number of nitrogens with zero attached hydrogens (tertiary/aromatic N) is 2. The first kappa shape index (κ1) is 15.1. The number of carbonyl (C=O) groups is 1. The fourth-order valence-electron chi connectivity index (χ4n) is 1.48. The van der Waals surface area contributed by atoms with Crippen LogP contribution in [0.2, 0.25) is 5.02 Å². The van der Waals surface area contributed by atoms with E-state index in [4.69, 9.17) is 16.3 Å². The number of carbonyl (C=O) groups excluding carboxylic acids is 1. The lowest BCUT2D eigenvalue weighted by molar-refractivity contribution is 0.0430. The highest BCUT2D eigenvalue weighted by Gasteiger charge is 2.33. The summed E-state index contributed by atoms with van der Waals surface area (Å²) in [4.78, 5) is 12.2. The van der Waals surface area contributed by atoms with Crippen molar-refractivity contribution in [1.29, 1.82) is 0 Å². The van der Waals surface area contributed by atoms with Gasteiger partial charge >= 0.3 is 0 Å². The van der Waals surface area contributed by atoms with E-state index in [1.165, 1.54) is 10.9 Å². The molecule has 18 heavy (non-hydrogen) atoms. The maximum absolute atomic E-state index is 12.2. The van der Waals surface area contributed by atoms with Crippen LogP contribution in [-0.2, 0) is 11.3 Å². The first-order chi connectivity index (χ1) is 8.29. The molecule has 1 rings (SSSR count). The van der Waals surface area contributed by atoms with Crippen molar-refractivity contribution in [2.24, 2.45) is 5.41 Å². The molecular formula is C12H19ClN2O3. The predicted molar refractivity (Wildman–Crippen MR) is 68.9 cm³/mol. The molecule has 1 unspecified atom stereocenters. The second kappa shape index (κ2) is 5.82. The molecule has 6 heteroatoms. The van der Waals surface area contributed by atoms with Crippen LogP contribution >= 0.6 is 11.6 Å². The van der Waals surface area contributed by atoms with E-state index in [1.807, 2.05) is 0 Å². The Kier molecular flexibility index (Phi) is 4.90. The number of hydrogen-bond donors (Lipinski definition) is 1. The number of rotatable bonds is 5. The summed E-state index contributed by atoms with van der Waals surface area (Å²) in [5.74, 6) is -0.416. The molecule has 1 aromatic rings. The average Bonchev–Trinajstić information content (AvgIpc) is 2.64. The number of Topliss-reactive ketones (excluding diaryl/α,β-unsaturated/α-hetero) is 1. The van der Waals surface area contributed by atoms with Crippen LogP contribution in [0.5, 0.6) is 0 Å². The van der Waals surface area contributed by atoms with Crippen LogP contribution in [0, 0.1) is 5.41 Å². The van der Waals surface area contributed by atoms with Crippen molar-refractivity contribution in [2.75, 3.05) is 13.7 Å². The molecular weight excluding hydrogens is 256 g/mol. The second-order valence-electron chi connectivity index (χ2n) is 5.19. The number of ketones is 1. The van der Waals surface area contributed by atoms with Gasteiger partial charge in [-0.1, -0.05) is 32.4 Å². The quantitative estimate of drug-likeness (QED) is 0.831. The van der Waals surface area contributed by atoms with E-state index in [-0.39, 0.29) is 10.7 Å². The molecule has 0 aliphatic carbocycles. The van der Waals surface area contributed by atoms with Gasteiger partial charge in [-0.3, -0.25) is 9.48 Å². The Balaban J connectivity index is 3.01. The van der Waals surface area contributed by atoms with Crippen LogP contribution in [0.1, 0.15) is 31.3 Å². The van der Waals surface area contributed by atoms with E-state index in [9.17, 15) is 9.90 Å². The highest BCUT2D eigenvalue weighted by molar-refractivity contribution is 6.33. The molecule has 0 saturated heterocycles. The van der Waals surface area contributed by atoms with Crippen LogP contribution < -0.4 is 0 Å². The van der Waals surface area contributed by atoms with Crippen molar-refractivity contribution in [3.8, 4) is 0 Å². The maximum atomic E-state index is 12.2. The lowest BCUT2D eigenvalue weighted by Gasteiger charge is -2.24. The topological polar surface area (TPSA) is 64.4 Å². The van der Waals surface area contributed by atoms with Crippen molar-refractivity contribution < 1.29 is 14.6 Å². The lowest BCUT2D eigenvalue weighted by atomic mass is 9.86. The van der Waals surface area contributed by atoms with E-state index in [2.05, 4.69) is 5.10 Å². The van der Waals surface area contributed by atoms with Crippen molar-refractivity contribution in [1.82, 2.24) is 9.78 Å². The minimum atomic E-state index is -1.12. The number of aliphatic hydroxyl groups is 1. The van der Waals surface area contributed by atoms with Gasteiger partial charge in [-0.15, -0.1) is 0 Å². The van der Waals surface area contributed by atoms with Crippen LogP contribution in [0.4, 0.5) is 0 Å². The number of hydrogen-bond acceptors (Lipinski definition) is 4. The Morgan fingerprint density at radius 3 is 2.72 bits per heavy atom. The van der Waals surface area contributed by atoms with Gasteiger partial charge in [-0.2, -0.15) is 5.10 Å². The zero-order valence-corrected chi connectivity index (χ0v) is 11.9. The minimum Gasteiger partial charge on any atom is -0.384 e. The molecule has 1 N–H and O–H groups in total. The van der Waals surface area contributed by atoms with Crippen molar-refractivity contribution in [2.45, 2.75) is 33.4 Å². The summed E-state index contributed by atoms with van der Waals surface area (Å²) in [5, 5.41) is 14.3.